The van der Waals surface area contributed by atoms with E-state index < -0.39 is 25.2 Å². The van der Waals surface area contributed by atoms with E-state index >= 15 is 0 Å². The number of carbonyl (C=O) groups is 2. The molecule has 0 rings (SSSR count). The van der Waals surface area contributed by atoms with E-state index in [4.69, 9.17) is 19.7 Å². The van der Waals surface area contributed by atoms with Crippen molar-refractivity contribution in [2.45, 2.75) is 44.9 Å². The summed E-state index contributed by atoms with van der Waals surface area (Å²) in [6, 6.07) is 0. The van der Waals surface area contributed by atoms with Crippen LogP contribution in [0.2, 0.25) is 0 Å². The van der Waals surface area contributed by atoms with Gasteiger partial charge < -0.3 is 19.7 Å². The Bertz CT molecular complexity index is 217. The highest BCUT2D eigenvalue weighted by atomic mass is 16.5. The smallest absolute Gasteiger partial charge is 0.331 e. The van der Waals surface area contributed by atoms with Gasteiger partial charge in [0.15, 0.2) is 0 Å². The highest BCUT2D eigenvalue weighted by molar-refractivity contribution is 5.70. The Morgan fingerprint density at radius 1 is 0.632 bits per heavy atom. The van der Waals surface area contributed by atoms with Gasteiger partial charge in [-0.2, -0.15) is 0 Å². The van der Waals surface area contributed by atoms with Gasteiger partial charge in [-0.1, -0.05) is 32.1 Å². The molecule has 0 aliphatic carbocycles. The highest BCUT2D eigenvalue weighted by Crippen LogP contribution is 2.07. The molecule has 0 aromatic carbocycles. The van der Waals surface area contributed by atoms with E-state index in [0.717, 1.165) is 44.9 Å². The molecular formula is C13H24O6. The minimum absolute atomic E-state index is 0.372. The molecule has 19 heavy (non-hydrogen) atoms. The van der Waals surface area contributed by atoms with Crippen LogP contribution in [0.4, 0.5) is 0 Å². The average molecular weight is 276 g/mol. The second-order valence-corrected chi connectivity index (χ2v) is 4.23. The molecule has 0 aliphatic heterocycles. The Balaban J connectivity index is 3.07. The van der Waals surface area contributed by atoms with Gasteiger partial charge in [-0.15, -0.1) is 0 Å². The number of rotatable bonds is 12. The summed E-state index contributed by atoms with van der Waals surface area (Å²) in [4.78, 5) is 21.2. The lowest BCUT2D eigenvalue weighted by Crippen LogP contribution is -2.09. The topological polar surface area (TPSA) is 93.1 Å². The third-order valence-corrected chi connectivity index (χ3v) is 2.57. The van der Waals surface area contributed by atoms with Gasteiger partial charge in [-0.3, -0.25) is 0 Å². The summed E-state index contributed by atoms with van der Waals surface area (Å²) in [7, 11) is 0. The minimum atomic E-state index is -0.572. The monoisotopic (exact) mass is 276 g/mol. The Labute approximate surface area is 113 Å². The predicted octanol–water partition coefficient (Wildman–Crippen LogP) is 0.788. The van der Waals surface area contributed by atoms with Crippen LogP contribution in [0.25, 0.3) is 0 Å². The van der Waals surface area contributed by atoms with Gasteiger partial charge >= 0.3 is 11.9 Å². The summed E-state index contributed by atoms with van der Waals surface area (Å²) in [5.41, 5.74) is 0. The van der Waals surface area contributed by atoms with Crippen LogP contribution in [0.5, 0.6) is 0 Å². The van der Waals surface area contributed by atoms with Gasteiger partial charge in [0, 0.05) is 0 Å². The van der Waals surface area contributed by atoms with Crippen molar-refractivity contribution in [2.75, 3.05) is 26.4 Å². The molecule has 0 aromatic heterocycles. The van der Waals surface area contributed by atoms with Gasteiger partial charge in [0.1, 0.15) is 13.2 Å². The van der Waals surface area contributed by atoms with E-state index in [0.29, 0.717) is 13.2 Å². The van der Waals surface area contributed by atoms with Gasteiger partial charge in [0.05, 0.1) is 13.2 Å². The fraction of sp³-hybridized carbons (Fsp3) is 0.846. The zero-order chi connectivity index (χ0) is 14.3. The van der Waals surface area contributed by atoms with Crippen LogP contribution in [0.3, 0.4) is 0 Å². The molecule has 0 atom stereocenters. The maximum absolute atomic E-state index is 10.6. The Kier molecular flexibility index (Phi) is 12.5. The van der Waals surface area contributed by atoms with Crippen LogP contribution in [0, 0.1) is 0 Å². The molecule has 0 saturated heterocycles. The molecule has 0 saturated carbocycles. The van der Waals surface area contributed by atoms with Gasteiger partial charge in [-0.05, 0) is 12.8 Å². The predicted molar refractivity (Wildman–Crippen MR) is 68.4 cm³/mol. The number of aliphatic hydroxyl groups excluding tert-OH is 2. The van der Waals surface area contributed by atoms with Crippen molar-refractivity contribution in [3.63, 3.8) is 0 Å². The molecule has 0 bridgehead atoms. The van der Waals surface area contributed by atoms with Gasteiger partial charge in [-0.25, -0.2) is 9.59 Å². The van der Waals surface area contributed by atoms with E-state index in [1.54, 1.807) is 0 Å². The maximum atomic E-state index is 10.6. The van der Waals surface area contributed by atoms with Crippen LogP contribution >= 0.6 is 0 Å². The second kappa shape index (κ2) is 13.3. The zero-order valence-corrected chi connectivity index (χ0v) is 11.3. The number of unbranched alkanes of at least 4 members (excludes halogenated alkanes) is 6. The first kappa shape index (κ1) is 17.9. The second-order valence-electron chi connectivity index (χ2n) is 4.23. The van der Waals surface area contributed by atoms with Crippen molar-refractivity contribution in [1.29, 1.82) is 0 Å². The Morgan fingerprint density at radius 3 is 1.26 bits per heavy atom. The normalized spacial score (nSPS) is 10.2. The lowest BCUT2D eigenvalue weighted by Gasteiger charge is -2.04. The molecule has 112 valence electrons. The lowest BCUT2D eigenvalue weighted by molar-refractivity contribution is -0.147. The van der Waals surface area contributed by atoms with E-state index in [9.17, 15) is 9.59 Å². The fourth-order valence-corrected chi connectivity index (χ4v) is 1.55. The third-order valence-electron chi connectivity index (χ3n) is 2.57. The summed E-state index contributed by atoms with van der Waals surface area (Å²) < 4.78 is 9.45. The van der Waals surface area contributed by atoms with Crippen molar-refractivity contribution in [2.24, 2.45) is 0 Å². The number of aliphatic hydroxyl groups is 2. The van der Waals surface area contributed by atoms with E-state index in [2.05, 4.69) is 0 Å². The molecular weight excluding hydrogens is 252 g/mol. The molecule has 0 aliphatic rings. The van der Waals surface area contributed by atoms with Crippen LogP contribution < -0.4 is 0 Å². The fourth-order valence-electron chi connectivity index (χ4n) is 1.55. The summed E-state index contributed by atoms with van der Waals surface area (Å²) in [6.45, 7) is -0.366. The van der Waals surface area contributed by atoms with Crippen molar-refractivity contribution in [1.82, 2.24) is 0 Å². The maximum Gasteiger partial charge on any atom is 0.331 e. The molecule has 0 heterocycles. The van der Waals surface area contributed by atoms with Crippen molar-refractivity contribution < 1.29 is 29.3 Å². The molecule has 6 nitrogen and oxygen atoms in total. The van der Waals surface area contributed by atoms with E-state index in [1.165, 1.54) is 0 Å². The molecule has 0 amide bonds. The summed E-state index contributed by atoms with van der Waals surface area (Å²) >= 11 is 0. The summed E-state index contributed by atoms with van der Waals surface area (Å²) in [6.07, 6.45) is 6.89. The number of carbonyl (C=O) groups excluding carboxylic acids is 2. The third kappa shape index (κ3) is 13.1. The molecule has 2 N–H and O–H groups in total. The highest BCUT2D eigenvalue weighted by Gasteiger charge is 1.99. The molecule has 0 radical (unpaired) electrons. The minimum Gasteiger partial charge on any atom is -0.464 e. The summed E-state index contributed by atoms with van der Waals surface area (Å²) in [5, 5.41) is 16.8. The SMILES string of the molecule is O=C(CO)OCCCCCCCCCOC(=O)CO. The zero-order valence-electron chi connectivity index (χ0n) is 11.3. The number of esters is 2. The van der Waals surface area contributed by atoms with Gasteiger partial charge in [0.2, 0.25) is 0 Å². The van der Waals surface area contributed by atoms with Gasteiger partial charge in [0.25, 0.3) is 0 Å². The first-order valence-electron chi connectivity index (χ1n) is 6.73. The lowest BCUT2D eigenvalue weighted by atomic mass is 10.1. The number of hydrogen-bond acceptors (Lipinski definition) is 6. The quantitative estimate of drug-likeness (QED) is 0.404. The Hall–Kier alpha value is -1.14. The van der Waals surface area contributed by atoms with Crippen LogP contribution in [0.1, 0.15) is 44.9 Å². The van der Waals surface area contributed by atoms with E-state index in [-0.39, 0.29) is 0 Å². The summed E-state index contributed by atoms with van der Waals surface area (Å²) in [5.74, 6) is -1.14. The average Bonchev–Trinajstić information content (AvgIpc) is 2.43. The molecule has 0 fully saturated rings. The number of ether oxygens (including phenoxy) is 2. The number of hydrogen-bond donors (Lipinski definition) is 2. The molecule has 6 heteroatoms. The molecule has 0 spiro atoms. The molecule has 0 unspecified atom stereocenters. The van der Waals surface area contributed by atoms with Crippen LogP contribution in [0.15, 0.2) is 0 Å². The van der Waals surface area contributed by atoms with Crippen molar-refractivity contribution >= 4 is 11.9 Å². The Morgan fingerprint density at radius 2 is 0.947 bits per heavy atom. The van der Waals surface area contributed by atoms with E-state index in [1.807, 2.05) is 0 Å². The van der Waals surface area contributed by atoms with Crippen LogP contribution in [-0.4, -0.2) is 48.6 Å². The first-order chi connectivity index (χ1) is 9.20. The van der Waals surface area contributed by atoms with Crippen molar-refractivity contribution in [3.05, 3.63) is 0 Å². The standard InChI is InChI=1S/C13H24O6/c14-10-12(16)18-8-6-4-2-1-3-5-7-9-19-13(17)11-15/h14-15H,1-11H2. The van der Waals surface area contributed by atoms with Crippen molar-refractivity contribution in [3.8, 4) is 0 Å². The van der Waals surface area contributed by atoms with Crippen LogP contribution in [-0.2, 0) is 19.1 Å². The largest absolute Gasteiger partial charge is 0.464 e. The first-order valence-corrected chi connectivity index (χ1v) is 6.73. The molecule has 0 aromatic rings.